The van der Waals surface area contributed by atoms with Crippen LogP contribution in [-0.2, 0) is 4.79 Å². The molecule has 0 saturated carbocycles. The Hall–Kier alpha value is -0.570. The third-order valence-electron chi connectivity index (χ3n) is 0.852. The van der Waals surface area contributed by atoms with E-state index < -0.39 is 0 Å². The molecule has 0 spiro atoms. The lowest BCUT2D eigenvalue weighted by Crippen LogP contribution is -2.11. The van der Waals surface area contributed by atoms with Crippen molar-refractivity contribution < 1.29 is 4.79 Å². The van der Waals surface area contributed by atoms with Gasteiger partial charge in [0.1, 0.15) is 0 Å². The van der Waals surface area contributed by atoms with Crippen LogP contribution in [0.1, 0.15) is 50.0 Å². The standard InChI is InChI=1S/C4H11N.C3H7NO.4CH4/c1-3-4-5-2;1-3(5)4-2;;;;/h5H,3-4H2,1-2H3;1-2H3,(H,4,5);4*1H4. The second kappa shape index (κ2) is 39.3. The zero-order valence-corrected chi connectivity index (χ0v) is 7.32. The molecule has 0 fully saturated rings. The Kier molecular flexibility index (Phi) is 105. The molecule has 0 rings (SSSR count). The van der Waals surface area contributed by atoms with E-state index in [4.69, 9.17) is 0 Å². The van der Waals surface area contributed by atoms with Gasteiger partial charge in [-0.25, -0.2) is 0 Å². The van der Waals surface area contributed by atoms with Crippen molar-refractivity contribution in [3.63, 3.8) is 0 Å². The summed E-state index contributed by atoms with van der Waals surface area (Å²) in [5.41, 5.74) is 0. The average Bonchev–Trinajstić information content (AvgIpc) is 1.91. The number of carbonyl (C=O) groups excluding carboxylic acids is 1. The van der Waals surface area contributed by atoms with Crippen LogP contribution in [0, 0.1) is 0 Å². The molecule has 0 aliphatic heterocycles. The lowest BCUT2D eigenvalue weighted by molar-refractivity contribution is -0.118. The second-order valence-electron chi connectivity index (χ2n) is 1.91. The topological polar surface area (TPSA) is 41.1 Å². The predicted octanol–water partition coefficient (Wildman–Crippen LogP) is 2.91. The lowest BCUT2D eigenvalue weighted by atomic mass is 10.5. The highest BCUT2D eigenvalue weighted by Crippen LogP contribution is 1.62. The Morgan fingerprint density at radius 2 is 1.36 bits per heavy atom. The fourth-order valence-corrected chi connectivity index (χ4v) is 0.250. The smallest absolute Gasteiger partial charge is 0.216 e. The van der Waals surface area contributed by atoms with E-state index in [1.807, 2.05) is 7.05 Å². The summed E-state index contributed by atoms with van der Waals surface area (Å²) in [5, 5.41) is 5.41. The van der Waals surface area contributed by atoms with Crippen LogP contribution in [0.5, 0.6) is 0 Å². The molecule has 0 heterocycles. The van der Waals surface area contributed by atoms with Gasteiger partial charge in [-0.3, -0.25) is 4.79 Å². The molecule has 0 aliphatic rings. The maximum absolute atomic E-state index is 9.70. The fraction of sp³-hybridized carbons (Fsp3) is 0.909. The van der Waals surface area contributed by atoms with Gasteiger partial charge < -0.3 is 10.6 Å². The van der Waals surface area contributed by atoms with Crippen molar-refractivity contribution in [3.8, 4) is 0 Å². The first kappa shape index (κ1) is 37.6. The molecule has 2 N–H and O–H groups in total. The minimum absolute atomic E-state index is 0. The van der Waals surface area contributed by atoms with Crippen LogP contribution in [0.15, 0.2) is 0 Å². The van der Waals surface area contributed by atoms with Crippen LogP contribution in [0.2, 0.25) is 0 Å². The Morgan fingerprint density at radius 3 is 1.36 bits per heavy atom. The van der Waals surface area contributed by atoms with Crippen molar-refractivity contribution >= 4 is 5.91 Å². The van der Waals surface area contributed by atoms with E-state index in [9.17, 15) is 4.79 Å². The first-order valence-corrected chi connectivity index (χ1v) is 3.51. The Bertz CT molecular complexity index is 73.7. The van der Waals surface area contributed by atoms with Crippen LogP contribution in [0.4, 0.5) is 0 Å². The summed E-state index contributed by atoms with van der Waals surface area (Å²) in [6, 6.07) is 0. The normalized spacial score (nSPS) is 5.43. The number of hydrogen-bond acceptors (Lipinski definition) is 2. The zero-order chi connectivity index (χ0) is 8.41. The Morgan fingerprint density at radius 1 is 1.07 bits per heavy atom. The fourth-order valence-electron chi connectivity index (χ4n) is 0.250. The molecule has 0 unspecified atom stereocenters. The van der Waals surface area contributed by atoms with E-state index in [-0.39, 0.29) is 35.6 Å². The Labute approximate surface area is 92.7 Å². The van der Waals surface area contributed by atoms with Crippen molar-refractivity contribution in [2.75, 3.05) is 20.6 Å². The van der Waals surface area contributed by atoms with E-state index in [1.54, 1.807) is 7.05 Å². The highest BCUT2D eigenvalue weighted by molar-refractivity contribution is 5.72. The molecule has 14 heavy (non-hydrogen) atoms. The maximum atomic E-state index is 9.70. The number of rotatable bonds is 2. The van der Waals surface area contributed by atoms with Gasteiger partial charge in [-0.15, -0.1) is 0 Å². The molecule has 94 valence electrons. The van der Waals surface area contributed by atoms with Crippen molar-refractivity contribution in [2.24, 2.45) is 0 Å². The van der Waals surface area contributed by atoms with Gasteiger partial charge in [0.25, 0.3) is 0 Å². The molecule has 0 saturated heterocycles. The van der Waals surface area contributed by atoms with Crippen molar-refractivity contribution in [1.29, 1.82) is 0 Å². The minimum atomic E-state index is 0. The summed E-state index contributed by atoms with van der Waals surface area (Å²) in [6.07, 6.45) is 1.23. The third kappa shape index (κ3) is 106. The van der Waals surface area contributed by atoms with Gasteiger partial charge in [0, 0.05) is 14.0 Å². The Balaban J connectivity index is -0.0000000178. The number of carbonyl (C=O) groups is 1. The van der Waals surface area contributed by atoms with Gasteiger partial charge in [-0.1, -0.05) is 36.6 Å². The molecule has 0 atom stereocenters. The molecule has 0 aromatic heterocycles. The molecule has 0 aromatic carbocycles. The SMILES string of the molecule is C.C.C.C.CCCNC.CNC(C)=O. The van der Waals surface area contributed by atoms with E-state index in [0.717, 1.165) is 6.54 Å². The zero-order valence-electron chi connectivity index (χ0n) is 7.32. The van der Waals surface area contributed by atoms with Crippen LogP contribution >= 0.6 is 0 Å². The van der Waals surface area contributed by atoms with Crippen molar-refractivity contribution in [1.82, 2.24) is 10.6 Å². The predicted molar refractivity (Wildman–Crippen MR) is 70.9 cm³/mol. The van der Waals surface area contributed by atoms with E-state index in [1.165, 1.54) is 13.3 Å². The highest BCUT2D eigenvalue weighted by atomic mass is 16.1. The monoisotopic (exact) mass is 210 g/mol. The molecule has 0 aromatic rings. The van der Waals surface area contributed by atoms with Crippen molar-refractivity contribution in [3.05, 3.63) is 0 Å². The highest BCUT2D eigenvalue weighted by Gasteiger charge is 1.72. The van der Waals surface area contributed by atoms with Crippen LogP contribution < -0.4 is 10.6 Å². The molecule has 1 amide bonds. The molecule has 3 heteroatoms. The second-order valence-corrected chi connectivity index (χ2v) is 1.91. The first-order chi connectivity index (χ1) is 4.68. The number of nitrogens with one attached hydrogen (secondary N) is 2. The molecular weight excluding hydrogens is 176 g/mol. The quantitative estimate of drug-likeness (QED) is 0.736. The minimum Gasteiger partial charge on any atom is -0.359 e. The summed E-state index contributed by atoms with van der Waals surface area (Å²) in [5.74, 6) is 0.00463. The third-order valence-corrected chi connectivity index (χ3v) is 0.852. The average molecular weight is 210 g/mol. The summed E-state index contributed by atoms with van der Waals surface area (Å²) < 4.78 is 0. The van der Waals surface area contributed by atoms with Gasteiger partial charge in [0.05, 0.1) is 0 Å². The summed E-state index contributed by atoms with van der Waals surface area (Å²) in [7, 11) is 3.56. The van der Waals surface area contributed by atoms with Crippen LogP contribution in [-0.4, -0.2) is 26.5 Å². The van der Waals surface area contributed by atoms with Crippen LogP contribution in [0.25, 0.3) is 0 Å². The van der Waals surface area contributed by atoms with Gasteiger partial charge in [0.15, 0.2) is 0 Å². The van der Waals surface area contributed by atoms with Gasteiger partial charge in [-0.2, -0.15) is 0 Å². The molecule has 3 nitrogen and oxygen atoms in total. The van der Waals surface area contributed by atoms with E-state index in [0.29, 0.717) is 0 Å². The number of amides is 1. The van der Waals surface area contributed by atoms with E-state index in [2.05, 4.69) is 17.6 Å². The maximum Gasteiger partial charge on any atom is 0.216 e. The van der Waals surface area contributed by atoms with Gasteiger partial charge in [-0.05, 0) is 20.0 Å². The molecule has 0 aliphatic carbocycles. The molecule has 0 radical (unpaired) electrons. The van der Waals surface area contributed by atoms with Crippen LogP contribution in [0.3, 0.4) is 0 Å². The summed E-state index contributed by atoms with van der Waals surface area (Å²) >= 11 is 0. The van der Waals surface area contributed by atoms with Gasteiger partial charge in [0.2, 0.25) is 5.91 Å². The van der Waals surface area contributed by atoms with Gasteiger partial charge >= 0.3 is 0 Å². The summed E-state index contributed by atoms with van der Waals surface area (Å²) in [4.78, 5) is 9.70. The van der Waals surface area contributed by atoms with E-state index >= 15 is 0 Å². The first-order valence-electron chi connectivity index (χ1n) is 3.51. The molecular formula is C11H34N2O. The largest absolute Gasteiger partial charge is 0.359 e. The van der Waals surface area contributed by atoms with Crippen molar-refractivity contribution in [2.45, 2.75) is 50.0 Å². The number of hydrogen-bond donors (Lipinski definition) is 2. The molecule has 0 bridgehead atoms. The summed E-state index contributed by atoms with van der Waals surface area (Å²) in [6.45, 7) is 4.76. The lowest BCUT2D eigenvalue weighted by Gasteiger charge is -1.84.